The van der Waals surface area contributed by atoms with Crippen LogP contribution in [0.5, 0.6) is 5.75 Å². The molecule has 0 aliphatic carbocycles. The number of hydrogen-bond donors (Lipinski definition) is 3. The summed E-state index contributed by atoms with van der Waals surface area (Å²) in [5.74, 6) is 0.106. The van der Waals surface area contributed by atoms with E-state index >= 15 is 4.79 Å². The number of aliphatic hydroxyl groups excluding tert-OH is 1. The Morgan fingerprint density at radius 1 is 1.06 bits per heavy atom. The first kappa shape index (κ1) is 36.3. The Morgan fingerprint density at radius 3 is 2.52 bits per heavy atom. The van der Waals surface area contributed by atoms with E-state index in [-0.39, 0.29) is 54.2 Å². The van der Waals surface area contributed by atoms with Crippen LogP contribution in [0.4, 0.5) is 11.4 Å². The van der Waals surface area contributed by atoms with Gasteiger partial charge in [-0.2, -0.15) is 0 Å². The highest BCUT2D eigenvalue weighted by molar-refractivity contribution is 6.91. The van der Waals surface area contributed by atoms with Gasteiger partial charge in [0.2, 0.25) is 11.8 Å². The molecule has 0 radical (unpaired) electrons. The van der Waals surface area contributed by atoms with E-state index in [1.807, 2.05) is 65.6 Å². The Labute approximate surface area is 307 Å². The van der Waals surface area contributed by atoms with Crippen LogP contribution < -0.4 is 25.5 Å². The van der Waals surface area contributed by atoms with E-state index in [0.29, 0.717) is 25.3 Å². The van der Waals surface area contributed by atoms with Crippen LogP contribution >= 0.6 is 0 Å². The number of rotatable bonds is 10. The SMILES string of the molecule is COc1ccc([Si](C)(C)[C@H]2[C@H](CC(=O)N3CCC[C@H]3CO)O[C@@]3(C(=O)N(Cc4ccccc4)c4ccc(NC(=O)C5CCCNC5)cc43)[C@@H]2C)cc1. The predicted octanol–water partition coefficient (Wildman–Crippen LogP) is 4.77. The Hall–Kier alpha value is -4.03. The summed E-state index contributed by atoms with van der Waals surface area (Å²) in [5.41, 5.74) is 1.61. The second-order valence-electron chi connectivity index (χ2n) is 15.6. The van der Waals surface area contributed by atoms with Gasteiger partial charge in [0.05, 0.1) is 58.5 Å². The van der Waals surface area contributed by atoms with Crippen LogP contribution in [0, 0.1) is 11.8 Å². The van der Waals surface area contributed by atoms with Crippen molar-refractivity contribution in [2.75, 3.05) is 43.6 Å². The van der Waals surface area contributed by atoms with Crippen molar-refractivity contribution >= 4 is 42.4 Å². The summed E-state index contributed by atoms with van der Waals surface area (Å²) in [6.45, 7) is 9.18. The summed E-state index contributed by atoms with van der Waals surface area (Å²) in [7, 11) is -0.837. The Bertz CT molecular complexity index is 1780. The van der Waals surface area contributed by atoms with Crippen molar-refractivity contribution in [3.8, 4) is 5.75 Å². The van der Waals surface area contributed by atoms with Crippen LogP contribution in [0.1, 0.15) is 50.2 Å². The van der Waals surface area contributed by atoms with Gasteiger partial charge >= 0.3 is 0 Å². The van der Waals surface area contributed by atoms with Gasteiger partial charge in [-0.1, -0.05) is 67.7 Å². The summed E-state index contributed by atoms with van der Waals surface area (Å²) in [5, 5.41) is 17.8. The molecular formula is C41H52N4O6Si. The van der Waals surface area contributed by atoms with Crippen LogP contribution in [0.3, 0.4) is 0 Å². The van der Waals surface area contributed by atoms with E-state index < -0.39 is 19.8 Å². The number of anilines is 2. The van der Waals surface area contributed by atoms with Gasteiger partial charge in [0.25, 0.3) is 5.91 Å². The van der Waals surface area contributed by atoms with Crippen molar-refractivity contribution in [3.05, 3.63) is 83.9 Å². The zero-order valence-electron chi connectivity index (χ0n) is 30.8. The van der Waals surface area contributed by atoms with Gasteiger partial charge in [-0.05, 0) is 73.7 Å². The fraction of sp³-hybridized carbons (Fsp3) is 0.488. The number of likely N-dealkylation sites (tertiary alicyclic amines) is 1. The lowest BCUT2D eigenvalue weighted by molar-refractivity contribution is -0.150. The number of benzene rings is 3. The number of fused-ring (bicyclic) bond motifs is 2. The van der Waals surface area contributed by atoms with Crippen LogP contribution in [0.15, 0.2) is 72.8 Å². The van der Waals surface area contributed by atoms with Gasteiger partial charge in [-0.15, -0.1) is 0 Å². The number of carbonyl (C=O) groups excluding carboxylic acids is 3. The van der Waals surface area contributed by atoms with Gasteiger partial charge in [0.1, 0.15) is 5.75 Å². The quantitative estimate of drug-likeness (QED) is 0.258. The molecule has 3 fully saturated rings. The highest BCUT2D eigenvalue weighted by Gasteiger charge is 2.66. The molecule has 276 valence electrons. The predicted molar refractivity (Wildman–Crippen MR) is 204 cm³/mol. The number of methoxy groups -OCH3 is 1. The molecule has 3 amide bonds. The molecule has 10 nitrogen and oxygen atoms in total. The topological polar surface area (TPSA) is 120 Å². The van der Waals surface area contributed by atoms with Gasteiger partial charge in [0, 0.05) is 30.3 Å². The van der Waals surface area contributed by atoms with E-state index in [9.17, 15) is 14.7 Å². The minimum atomic E-state index is -2.49. The third kappa shape index (κ3) is 6.46. The lowest BCUT2D eigenvalue weighted by Crippen LogP contribution is -2.52. The molecule has 6 atom stereocenters. The molecular weight excluding hydrogens is 673 g/mol. The van der Waals surface area contributed by atoms with Crippen LogP contribution in [-0.2, 0) is 31.3 Å². The molecule has 0 saturated carbocycles. The zero-order valence-corrected chi connectivity index (χ0v) is 31.8. The van der Waals surface area contributed by atoms with Gasteiger partial charge in [-0.3, -0.25) is 14.4 Å². The van der Waals surface area contributed by atoms with Crippen LogP contribution in [0.2, 0.25) is 18.6 Å². The van der Waals surface area contributed by atoms with E-state index in [1.54, 1.807) is 12.0 Å². The maximum atomic E-state index is 15.2. The molecule has 0 aromatic heterocycles. The summed E-state index contributed by atoms with van der Waals surface area (Å²) in [6.07, 6.45) is 2.97. The fourth-order valence-electron chi connectivity index (χ4n) is 9.48. The third-order valence-electron chi connectivity index (χ3n) is 12.2. The molecule has 7 rings (SSSR count). The number of piperidine rings is 1. The molecule has 3 saturated heterocycles. The van der Waals surface area contributed by atoms with Crippen LogP contribution in [0.25, 0.3) is 0 Å². The van der Waals surface area contributed by atoms with Gasteiger partial charge < -0.3 is 35.0 Å². The number of nitrogens with zero attached hydrogens (tertiary/aromatic N) is 2. The van der Waals surface area contributed by atoms with Crippen molar-refractivity contribution in [2.45, 2.75) is 82.0 Å². The summed E-state index contributed by atoms with van der Waals surface area (Å²) in [4.78, 5) is 46.4. The first-order valence-electron chi connectivity index (χ1n) is 18.8. The summed E-state index contributed by atoms with van der Waals surface area (Å²) in [6, 6.07) is 23.7. The second-order valence-corrected chi connectivity index (χ2v) is 20.3. The molecule has 1 spiro atoms. The molecule has 3 N–H and O–H groups in total. The smallest absolute Gasteiger partial charge is 0.264 e. The van der Waals surface area contributed by atoms with Crippen molar-refractivity contribution < 1.29 is 29.0 Å². The zero-order chi connectivity index (χ0) is 36.6. The largest absolute Gasteiger partial charge is 0.497 e. The van der Waals surface area contributed by atoms with Gasteiger partial charge in [0.15, 0.2) is 5.60 Å². The Balaban J connectivity index is 1.31. The first-order chi connectivity index (χ1) is 25.1. The maximum absolute atomic E-state index is 15.2. The Kier molecular flexibility index (Phi) is 10.3. The number of amides is 3. The molecule has 4 aliphatic heterocycles. The van der Waals surface area contributed by atoms with Gasteiger partial charge in [-0.25, -0.2) is 0 Å². The lowest BCUT2D eigenvalue weighted by Gasteiger charge is -2.37. The average molecular weight is 725 g/mol. The summed E-state index contributed by atoms with van der Waals surface area (Å²) >= 11 is 0. The van der Waals surface area contributed by atoms with Crippen molar-refractivity contribution in [1.29, 1.82) is 0 Å². The minimum Gasteiger partial charge on any atom is -0.497 e. The normalized spacial score (nSPS) is 27.2. The lowest BCUT2D eigenvalue weighted by atomic mass is 9.82. The Morgan fingerprint density at radius 2 is 1.83 bits per heavy atom. The maximum Gasteiger partial charge on any atom is 0.264 e. The van der Waals surface area contributed by atoms with Crippen molar-refractivity contribution in [1.82, 2.24) is 10.2 Å². The van der Waals surface area contributed by atoms with Crippen molar-refractivity contribution in [2.24, 2.45) is 11.8 Å². The molecule has 0 bridgehead atoms. The minimum absolute atomic E-state index is 0.0366. The molecule has 3 aromatic carbocycles. The second kappa shape index (κ2) is 14.8. The highest BCUT2D eigenvalue weighted by atomic mass is 28.3. The van der Waals surface area contributed by atoms with E-state index in [2.05, 4.69) is 42.8 Å². The van der Waals surface area contributed by atoms with E-state index in [1.165, 1.54) is 5.19 Å². The molecule has 1 unspecified atom stereocenters. The number of hydrogen-bond acceptors (Lipinski definition) is 7. The van der Waals surface area contributed by atoms with E-state index in [0.717, 1.165) is 54.8 Å². The van der Waals surface area contributed by atoms with E-state index in [4.69, 9.17) is 9.47 Å². The number of aliphatic hydroxyl groups is 1. The van der Waals surface area contributed by atoms with Crippen molar-refractivity contribution in [3.63, 3.8) is 0 Å². The number of carbonyl (C=O) groups is 3. The molecule has 11 heteroatoms. The number of ether oxygens (including phenoxy) is 2. The first-order valence-corrected chi connectivity index (χ1v) is 21.9. The standard InChI is InChI=1S/C41H52N4O6Si/c1-27-38(52(3,4)33-17-15-32(50-2)16-18-33)36(23-37(47)44-21-9-13-31(44)26-46)51-41(27)34-22-30(43-39(48)29-12-8-20-42-24-29)14-19-35(34)45(40(41)49)25-28-10-6-5-7-11-28/h5-7,10-11,14-19,22,27,29,31,36,38,42,46H,8-9,12-13,20-21,23-26H2,1-4H3,(H,43,48)/t27-,29?,31+,36+,38-,41+/m1/s1. The fourth-order valence-corrected chi connectivity index (χ4v) is 13.5. The molecule has 4 heterocycles. The summed E-state index contributed by atoms with van der Waals surface area (Å²) < 4.78 is 12.7. The highest BCUT2D eigenvalue weighted by Crippen LogP contribution is 2.60. The monoisotopic (exact) mass is 724 g/mol. The number of nitrogens with one attached hydrogen (secondary N) is 2. The molecule has 3 aromatic rings. The molecule has 4 aliphatic rings. The van der Waals surface area contributed by atoms with Crippen LogP contribution in [-0.4, -0.2) is 81.3 Å². The average Bonchev–Trinajstić information content (AvgIpc) is 3.83. The molecule has 52 heavy (non-hydrogen) atoms. The third-order valence-corrected chi connectivity index (χ3v) is 16.6.